The summed E-state index contributed by atoms with van der Waals surface area (Å²) in [6, 6.07) is 9.59. The molecule has 0 spiro atoms. The number of aromatic hydroxyl groups is 3. The number of hydrogen-bond acceptors (Lipinski definition) is 14. The molecule has 9 atom stereocenters. The highest BCUT2D eigenvalue weighted by Crippen LogP contribution is 2.55. The van der Waals surface area contributed by atoms with Crippen LogP contribution in [0.15, 0.2) is 78.9 Å². The molecular formula is C56H98N4O12S5. The Bertz CT molecular complexity index is 2530. The number of hydrogen-bond donors (Lipinski definition) is 7. The van der Waals surface area contributed by atoms with Crippen LogP contribution in [0.1, 0.15) is 128 Å². The molecule has 7 rings (SSSR count). The van der Waals surface area contributed by atoms with Crippen LogP contribution in [0.5, 0.6) is 23.0 Å². The number of ether oxygens (including phenoxy) is 4. The van der Waals surface area contributed by atoms with E-state index in [2.05, 4.69) is 15.7 Å². The third-order valence-corrected chi connectivity index (χ3v) is 12.7. The van der Waals surface area contributed by atoms with Crippen molar-refractivity contribution in [2.24, 2.45) is 23.7 Å². The number of carbonyl (C=O) groups is 3. The third kappa shape index (κ3) is 18.3. The van der Waals surface area contributed by atoms with Crippen LogP contribution < -0.4 is 15.4 Å². The van der Waals surface area contributed by atoms with Gasteiger partial charge in [-0.25, -0.2) is 4.68 Å². The zero-order chi connectivity index (χ0) is 47.5. The average molecular weight is 1180 g/mol. The van der Waals surface area contributed by atoms with Crippen molar-refractivity contribution in [3.05, 3.63) is 101 Å². The van der Waals surface area contributed by atoms with Gasteiger partial charge >= 0.3 is 11.8 Å². The molecule has 0 aliphatic carbocycles. The highest BCUT2D eigenvalue weighted by molar-refractivity contribution is 7.60. The molecule has 1 amide bonds. The SMILES string of the molecule is C.C.C.C.C.C.C.CO[C@H]1/C=C/O[C@@]2(C)Oc3c(C)c(O)c4c(O)c(c(CCNCc5ccc(-n6cccn6)cc5)c(O)c4c3C2=O)NC(=O)/C(C)=C\C=C\[C@H](C)[C@H](O)[C@@H](C)[C@@H](O)[C@@H](C)[C@H](OC(C)=O)[C@@H]1C.S.S.S.S.S. The molecule has 0 saturated carbocycles. The van der Waals surface area contributed by atoms with Crippen molar-refractivity contribution in [2.45, 2.75) is 151 Å². The van der Waals surface area contributed by atoms with Gasteiger partial charge in [-0.1, -0.05) is 110 Å². The van der Waals surface area contributed by atoms with Crippen molar-refractivity contribution in [1.82, 2.24) is 15.1 Å². The first-order chi connectivity index (χ1) is 30.8. The molecule has 3 aromatic carbocycles. The van der Waals surface area contributed by atoms with Crippen LogP contribution in [0.2, 0.25) is 0 Å². The Morgan fingerprint density at radius 2 is 1.43 bits per heavy atom. The van der Waals surface area contributed by atoms with Gasteiger partial charge in [0.25, 0.3) is 11.7 Å². The molecule has 4 heterocycles. The predicted octanol–water partition coefficient (Wildman–Crippen LogP) is 11.3. The molecule has 3 aliphatic heterocycles. The van der Waals surface area contributed by atoms with E-state index >= 15 is 0 Å². The number of esters is 1. The van der Waals surface area contributed by atoms with Crippen LogP contribution in [0.4, 0.5) is 5.69 Å². The number of rotatable bonds is 8. The second-order valence-electron chi connectivity index (χ2n) is 17.2. The average Bonchev–Trinajstić information content (AvgIpc) is 3.92. The maximum atomic E-state index is 14.5. The molecule has 0 fully saturated rings. The minimum absolute atomic E-state index is 0. The lowest BCUT2D eigenvalue weighted by molar-refractivity contribution is -0.160. The van der Waals surface area contributed by atoms with E-state index < -0.39 is 88.8 Å². The number of benzene rings is 3. The van der Waals surface area contributed by atoms with E-state index in [1.807, 2.05) is 36.5 Å². The summed E-state index contributed by atoms with van der Waals surface area (Å²) in [6.07, 6.45) is 7.18. The number of carbonyl (C=O) groups excluding carboxylic acids is 3. The minimum atomic E-state index is -2.04. The lowest BCUT2D eigenvalue weighted by atomic mass is 9.78. The summed E-state index contributed by atoms with van der Waals surface area (Å²) < 4.78 is 25.5. The summed E-state index contributed by atoms with van der Waals surface area (Å²) in [7, 11) is 1.44. The van der Waals surface area contributed by atoms with Gasteiger partial charge in [-0.2, -0.15) is 72.6 Å². The molecule has 21 heteroatoms. The zero-order valence-electron chi connectivity index (χ0n) is 40.7. The highest BCUT2D eigenvalue weighted by Gasteiger charge is 2.50. The Labute approximate surface area is 495 Å². The lowest BCUT2D eigenvalue weighted by Gasteiger charge is -2.38. The maximum absolute atomic E-state index is 14.5. The van der Waals surface area contributed by atoms with Gasteiger partial charge in [0.15, 0.2) is 5.75 Å². The molecule has 16 nitrogen and oxygen atoms in total. The maximum Gasteiger partial charge on any atom is 0.312 e. The number of fused-ring (bicyclic) bond motifs is 14. The number of methoxy groups -OCH3 is 1. The fraction of sp³-hybridized carbons (Fsp3) is 0.500. The van der Waals surface area contributed by atoms with E-state index in [4.69, 9.17) is 18.9 Å². The molecule has 0 unspecified atom stereocenters. The lowest BCUT2D eigenvalue weighted by Crippen LogP contribution is -2.46. The summed E-state index contributed by atoms with van der Waals surface area (Å²) in [5.41, 5.74) is 1.84. The van der Waals surface area contributed by atoms with Gasteiger partial charge < -0.3 is 55.1 Å². The molecule has 77 heavy (non-hydrogen) atoms. The molecule has 7 N–H and O–H groups in total. The van der Waals surface area contributed by atoms with Crippen molar-refractivity contribution in [2.75, 3.05) is 19.0 Å². The highest BCUT2D eigenvalue weighted by atomic mass is 32.1. The number of anilines is 1. The van der Waals surface area contributed by atoms with Crippen LogP contribution >= 0.6 is 67.5 Å². The summed E-state index contributed by atoms with van der Waals surface area (Å²) in [4.78, 5) is 40.8. The summed E-state index contributed by atoms with van der Waals surface area (Å²) in [6.45, 7) is 13.2. The van der Waals surface area contributed by atoms with Gasteiger partial charge in [0.2, 0.25) is 0 Å². The second kappa shape index (κ2) is 36.7. The van der Waals surface area contributed by atoms with Crippen molar-refractivity contribution in [1.29, 1.82) is 0 Å². The van der Waals surface area contributed by atoms with Gasteiger partial charge in [-0.3, -0.25) is 14.4 Å². The van der Waals surface area contributed by atoms with E-state index in [1.165, 1.54) is 46.3 Å². The number of nitrogens with zero attached hydrogens (tertiary/aromatic N) is 2. The standard InChI is InChI=1S/C49H60N4O12.7CH4.5H2S/c1-25-12-10-13-26(2)48(61)52-39-34(18-21-50-24-32-14-16-33(17-15-32)53-22-11-20-51-53)43(58)36-37(44(39)59)42(57)30(6)46-38(36)47(60)49(8,65-46)63-23-19-35(62-9)27(3)45(64-31(7)54)29(5)41(56)28(4)40(25)55;;;;;;;;;;;;/h10-17,19-20,22-23,25,27-29,35,40-41,45,50,55-59H,18,21,24H2,1-9H3,(H,52,61);7*1H4;5*1H2/b12-10+,23-19+,26-13-;;;;;;;;;;;;/t25-,27+,28+,29+,35-,40-,41+,45+,49-;;;;;;;;;;;;/m0............/s1. The zero-order valence-corrected chi connectivity index (χ0v) is 45.7. The number of aromatic nitrogens is 2. The number of aliphatic hydroxyl groups excluding tert-OH is 2. The molecule has 3 aliphatic rings. The van der Waals surface area contributed by atoms with Crippen LogP contribution in [0, 0.1) is 30.6 Å². The van der Waals surface area contributed by atoms with Crippen LogP contribution in [-0.4, -0.2) is 96.8 Å². The van der Waals surface area contributed by atoms with Crippen LogP contribution in [-0.2, 0) is 36.8 Å². The Balaban J connectivity index is -0.000000817. The Kier molecular flexibility index (Phi) is 41.2. The van der Waals surface area contributed by atoms with Crippen molar-refractivity contribution >= 4 is 102 Å². The first-order valence-corrected chi connectivity index (χ1v) is 21.7. The second-order valence-corrected chi connectivity index (χ2v) is 17.2. The Hall–Kier alpha value is -4.45. The van der Waals surface area contributed by atoms with Crippen molar-refractivity contribution in [3.63, 3.8) is 0 Å². The number of nitrogens with one attached hydrogen (secondary N) is 2. The number of aliphatic hydroxyl groups is 2. The van der Waals surface area contributed by atoms with Crippen molar-refractivity contribution in [3.8, 4) is 28.7 Å². The van der Waals surface area contributed by atoms with Gasteiger partial charge in [0, 0.05) is 85.7 Å². The topological polar surface area (TPSA) is 231 Å². The number of phenols is 3. The number of amides is 1. The first-order valence-electron chi connectivity index (χ1n) is 21.7. The largest absolute Gasteiger partial charge is 0.507 e. The summed E-state index contributed by atoms with van der Waals surface area (Å²) in [5.74, 6) is -8.16. The molecule has 0 radical (unpaired) electrons. The molecule has 0 saturated heterocycles. The normalized spacial score (nSPS) is 23.9. The van der Waals surface area contributed by atoms with Crippen LogP contribution in [0.25, 0.3) is 16.5 Å². The number of Topliss-reactive ketones (excluding diaryl/α,β-unsaturated/α-hetero) is 1. The molecule has 444 valence electrons. The Morgan fingerprint density at radius 1 is 0.831 bits per heavy atom. The van der Waals surface area contributed by atoms with Gasteiger partial charge in [-0.15, -0.1) is 0 Å². The molecule has 5 bridgehead atoms. The smallest absolute Gasteiger partial charge is 0.312 e. The summed E-state index contributed by atoms with van der Waals surface area (Å²) >= 11 is 0. The summed E-state index contributed by atoms with van der Waals surface area (Å²) in [5, 5.41) is 68.7. The van der Waals surface area contributed by atoms with E-state index in [1.54, 1.807) is 57.6 Å². The van der Waals surface area contributed by atoms with Gasteiger partial charge in [0.1, 0.15) is 23.4 Å². The quantitative estimate of drug-likeness (QED) is 0.0377. The molecular weight excluding hydrogens is 1080 g/mol. The van der Waals surface area contributed by atoms with Gasteiger partial charge in [0.05, 0.1) is 46.9 Å². The predicted molar refractivity (Wildman–Crippen MR) is 342 cm³/mol. The van der Waals surface area contributed by atoms with E-state index in [0.29, 0.717) is 6.54 Å². The van der Waals surface area contributed by atoms with Gasteiger partial charge in [-0.05, 0) is 56.7 Å². The molecule has 4 aromatic rings. The fourth-order valence-corrected chi connectivity index (χ4v) is 8.66. The minimum Gasteiger partial charge on any atom is -0.507 e. The molecule has 1 aromatic heterocycles. The van der Waals surface area contributed by atoms with E-state index in [0.717, 1.165) is 11.3 Å². The van der Waals surface area contributed by atoms with E-state index in [-0.39, 0.29) is 177 Å². The van der Waals surface area contributed by atoms with Crippen molar-refractivity contribution < 1.29 is 58.9 Å². The number of allylic oxidation sites excluding steroid dienone is 2. The number of phenolic OH excluding ortho intramolecular Hbond substituents is 3. The first kappa shape index (κ1) is 86.4. The Morgan fingerprint density at radius 3 is 1.97 bits per heavy atom. The third-order valence-electron chi connectivity index (χ3n) is 12.7. The monoisotopic (exact) mass is 1180 g/mol. The number of ketones is 1. The van der Waals surface area contributed by atoms with Crippen LogP contribution in [0.3, 0.4) is 0 Å². The fourth-order valence-electron chi connectivity index (χ4n) is 8.66. The van der Waals surface area contributed by atoms with E-state index in [9.17, 15) is 39.9 Å².